The molecular weight excluding hydrogens is 276 g/mol. The van der Waals surface area contributed by atoms with E-state index in [-0.39, 0.29) is 0 Å². The molecule has 2 nitrogen and oxygen atoms in total. The van der Waals surface area contributed by atoms with Gasteiger partial charge in [0.05, 0.1) is 5.69 Å². The zero-order valence-corrected chi connectivity index (χ0v) is 12.4. The van der Waals surface area contributed by atoms with E-state index in [9.17, 15) is 0 Å². The van der Waals surface area contributed by atoms with Gasteiger partial charge in [-0.3, -0.25) is 0 Å². The van der Waals surface area contributed by atoms with Gasteiger partial charge in [0.2, 0.25) is 0 Å². The second kappa shape index (κ2) is 5.01. The van der Waals surface area contributed by atoms with Crippen molar-refractivity contribution in [2.45, 2.75) is 18.9 Å². The second-order valence-corrected chi connectivity index (χ2v) is 5.93. The van der Waals surface area contributed by atoms with Crippen LogP contribution in [0, 0.1) is 4.77 Å². The number of fused-ring (bicyclic) bond motifs is 1. The van der Waals surface area contributed by atoms with Gasteiger partial charge in [-0.25, -0.2) is 0 Å². The van der Waals surface area contributed by atoms with Crippen molar-refractivity contribution in [1.29, 1.82) is 0 Å². The Bertz CT molecular complexity index is 805. The maximum Gasteiger partial charge on any atom is 0.177 e. The first kappa shape index (κ1) is 12.6. The molecule has 2 aromatic carbocycles. The van der Waals surface area contributed by atoms with Crippen LogP contribution < -0.4 is 0 Å². The summed E-state index contributed by atoms with van der Waals surface area (Å²) < 4.78 is 3.09. The molecule has 1 aliphatic rings. The van der Waals surface area contributed by atoms with Gasteiger partial charge in [-0.05, 0) is 41.7 Å². The van der Waals surface area contributed by atoms with Crippen molar-refractivity contribution in [3.8, 4) is 11.3 Å². The number of hydrogen-bond donors (Lipinski definition) is 1. The summed E-state index contributed by atoms with van der Waals surface area (Å²) >= 11 is 5.53. The molecule has 0 aliphatic heterocycles. The number of aromatic nitrogens is 2. The van der Waals surface area contributed by atoms with Crippen LogP contribution in [0.1, 0.15) is 17.2 Å². The topological polar surface area (TPSA) is 20.7 Å². The zero-order chi connectivity index (χ0) is 14.2. The Balaban J connectivity index is 1.78. The number of nitrogens with zero attached hydrogens (tertiary/aromatic N) is 1. The van der Waals surface area contributed by atoms with Crippen LogP contribution in [-0.4, -0.2) is 9.55 Å². The van der Waals surface area contributed by atoms with E-state index in [4.69, 9.17) is 12.2 Å². The average molecular weight is 292 g/mol. The van der Waals surface area contributed by atoms with Crippen molar-refractivity contribution >= 4 is 12.2 Å². The van der Waals surface area contributed by atoms with Crippen LogP contribution in [0.2, 0.25) is 0 Å². The van der Waals surface area contributed by atoms with Gasteiger partial charge < -0.3 is 9.55 Å². The fraction of sp³-hybridized carbons (Fsp3) is 0.167. The number of hydrogen-bond acceptors (Lipinski definition) is 1. The monoisotopic (exact) mass is 292 g/mol. The van der Waals surface area contributed by atoms with Gasteiger partial charge in [-0.15, -0.1) is 0 Å². The fourth-order valence-corrected chi connectivity index (χ4v) is 3.60. The molecule has 0 atom stereocenters. The predicted molar refractivity (Wildman–Crippen MR) is 87.9 cm³/mol. The van der Waals surface area contributed by atoms with Gasteiger partial charge in [-0.1, -0.05) is 54.6 Å². The quantitative estimate of drug-likeness (QED) is 0.687. The van der Waals surface area contributed by atoms with Crippen molar-refractivity contribution in [1.82, 2.24) is 9.55 Å². The highest BCUT2D eigenvalue weighted by Gasteiger charge is 2.24. The number of H-pyrrole nitrogens is 1. The number of aromatic amines is 1. The third kappa shape index (κ3) is 2.14. The third-order valence-electron chi connectivity index (χ3n) is 4.27. The van der Waals surface area contributed by atoms with Crippen LogP contribution in [0.3, 0.4) is 0 Å². The van der Waals surface area contributed by atoms with Crippen LogP contribution in [0.5, 0.6) is 0 Å². The van der Waals surface area contributed by atoms with E-state index in [2.05, 4.69) is 58.1 Å². The van der Waals surface area contributed by atoms with Crippen molar-refractivity contribution in [3.05, 3.63) is 76.7 Å². The first-order chi connectivity index (χ1) is 10.3. The van der Waals surface area contributed by atoms with E-state index in [1.54, 1.807) is 0 Å². The summed E-state index contributed by atoms with van der Waals surface area (Å²) in [4.78, 5) is 3.22. The second-order valence-electron chi connectivity index (χ2n) is 5.55. The Hall–Kier alpha value is -2.13. The van der Waals surface area contributed by atoms with Crippen molar-refractivity contribution in [2.24, 2.45) is 0 Å². The third-order valence-corrected chi connectivity index (χ3v) is 4.59. The summed E-state index contributed by atoms with van der Waals surface area (Å²) in [5.74, 6) is 0. The minimum Gasteiger partial charge on any atom is -0.337 e. The number of rotatable bonds is 2. The van der Waals surface area contributed by atoms with Crippen LogP contribution in [0.25, 0.3) is 11.3 Å². The van der Waals surface area contributed by atoms with Crippen molar-refractivity contribution < 1.29 is 0 Å². The van der Waals surface area contributed by atoms with E-state index in [0.29, 0.717) is 6.04 Å². The Kier molecular flexibility index (Phi) is 3.00. The van der Waals surface area contributed by atoms with Crippen LogP contribution >= 0.6 is 12.2 Å². The van der Waals surface area contributed by atoms with Gasteiger partial charge in [0, 0.05) is 12.2 Å². The summed E-state index contributed by atoms with van der Waals surface area (Å²) in [6.07, 6.45) is 4.14. The molecule has 0 saturated carbocycles. The van der Waals surface area contributed by atoms with Crippen LogP contribution in [-0.2, 0) is 12.8 Å². The van der Waals surface area contributed by atoms with E-state index in [1.165, 1.54) is 22.4 Å². The summed E-state index contributed by atoms with van der Waals surface area (Å²) in [6, 6.07) is 19.6. The van der Waals surface area contributed by atoms with Crippen molar-refractivity contribution in [3.63, 3.8) is 0 Å². The lowest BCUT2D eigenvalue weighted by Crippen LogP contribution is -2.10. The molecule has 3 aromatic rings. The van der Waals surface area contributed by atoms with E-state index >= 15 is 0 Å². The Morgan fingerprint density at radius 3 is 2.19 bits per heavy atom. The molecule has 4 rings (SSSR count). The highest BCUT2D eigenvalue weighted by Crippen LogP contribution is 2.33. The molecule has 0 bridgehead atoms. The van der Waals surface area contributed by atoms with Gasteiger partial charge in [0.25, 0.3) is 0 Å². The highest BCUT2D eigenvalue weighted by molar-refractivity contribution is 7.71. The SMILES string of the molecule is S=c1[nH]cc(-c2ccccc2)n1C1Cc2ccccc2C1. The molecule has 0 radical (unpaired) electrons. The van der Waals surface area contributed by atoms with E-state index in [1.807, 2.05) is 12.3 Å². The van der Waals surface area contributed by atoms with Crippen LogP contribution in [0.4, 0.5) is 0 Å². The van der Waals surface area contributed by atoms with Crippen molar-refractivity contribution in [2.75, 3.05) is 0 Å². The van der Waals surface area contributed by atoms with Gasteiger partial charge in [0.1, 0.15) is 0 Å². The molecule has 104 valence electrons. The Labute approximate surface area is 129 Å². The van der Waals surface area contributed by atoms with Crippen LogP contribution in [0.15, 0.2) is 60.8 Å². The maximum absolute atomic E-state index is 5.53. The smallest absolute Gasteiger partial charge is 0.177 e. The molecule has 0 saturated heterocycles. The lowest BCUT2D eigenvalue weighted by Gasteiger charge is -2.15. The molecule has 1 heterocycles. The number of imidazole rings is 1. The molecule has 0 amide bonds. The summed E-state index contributed by atoms with van der Waals surface area (Å²) in [5.41, 5.74) is 5.29. The molecule has 3 heteroatoms. The number of nitrogens with one attached hydrogen (secondary N) is 1. The first-order valence-corrected chi connectivity index (χ1v) is 7.66. The predicted octanol–water partition coefficient (Wildman–Crippen LogP) is 4.55. The molecule has 1 N–H and O–H groups in total. The largest absolute Gasteiger partial charge is 0.337 e. The Morgan fingerprint density at radius 1 is 0.905 bits per heavy atom. The number of benzene rings is 2. The summed E-state index contributed by atoms with van der Waals surface area (Å²) in [5, 5.41) is 0. The lowest BCUT2D eigenvalue weighted by molar-refractivity contribution is 0.528. The van der Waals surface area contributed by atoms with E-state index < -0.39 is 0 Å². The summed E-state index contributed by atoms with van der Waals surface area (Å²) in [6.45, 7) is 0. The molecule has 0 unspecified atom stereocenters. The Morgan fingerprint density at radius 2 is 1.52 bits per heavy atom. The normalized spacial score (nSPS) is 14.3. The van der Waals surface area contributed by atoms with Gasteiger partial charge in [-0.2, -0.15) is 0 Å². The van der Waals surface area contributed by atoms with Gasteiger partial charge in [0.15, 0.2) is 4.77 Å². The highest BCUT2D eigenvalue weighted by atomic mass is 32.1. The standard InChI is InChI=1S/C18H16N2S/c21-18-19-12-17(13-6-2-1-3-7-13)20(18)16-10-14-8-4-5-9-15(14)11-16/h1-9,12,16H,10-11H2,(H,19,21). The lowest BCUT2D eigenvalue weighted by atomic mass is 10.1. The summed E-state index contributed by atoms with van der Waals surface area (Å²) in [7, 11) is 0. The van der Waals surface area contributed by atoms with E-state index in [0.717, 1.165) is 17.6 Å². The van der Waals surface area contributed by atoms with Gasteiger partial charge >= 0.3 is 0 Å². The molecule has 1 aromatic heterocycles. The molecule has 1 aliphatic carbocycles. The minimum absolute atomic E-state index is 0.413. The average Bonchev–Trinajstić information content (AvgIpc) is 3.11. The molecule has 0 fully saturated rings. The molecule has 21 heavy (non-hydrogen) atoms. The molecule has 0 spiro atoms. The zero-order valence-electron chi connectivity index (χ0n) is 11.6. The molecular formula is C18H16N2S. The minimum atomic E-state index is 0.413. The first-order valence-electron chi connectivity index (χ1n) is 7.25. The fourth-order valence-electron chi connectivity index (χ4n) is 3.29. The maximum atomic E-state index is 5.53.